The lowest BCUT2D eigenvalue weighted by Crippen LogP contribution is -2.25. The molecule has 1 aromatic carbocycles. The number of nitrogens with zero attached hydrogens (tertiary/aromatic N) is 2. The maximum Gasteiger partial charge on any atom is 0.251 e. The number of carbonyl (C=O) groups is 1. The molecular formula is C14H18N4O. The average Bonchev–Trinajstić information content (AvgIpc) is 2.84. The van der Waals surface area contributed by atoms with Gasteiger partial charge in [-0.15, -0.1) is 0 Å². The Balaban J connectivity index is 1.83. The number of rotatable bonds is 5. The van der Waals surface area contributed by atoms with E-state index in [0.29, 0.717) is 12.1 Å². The van der Waals surface area contributed by atoms with Crippen molar-refractivity contribution in [2.75, 3.05) is 18.9 Å². The van der Waals surface area contributed by atoms with Crippen LogP contribution in [0.1, 0.15) is 15.9 Å². The van der Waals surface area contributed by atoms with Crippen molar-refractivity contribution in [2.24, 2.45) is 7.05 Å². The highest BCUT2D eigenvalue weighted by Crippen LogP contribution is 2.08. The normalized spacial score (nSPS) is 10.2. The van der Waals surface area contributed by atoms with Crippen LogP contribution in [0.15, 0.2) is 36.7 Å². The maximum atomic E-state index is 11.9. The molecule has 19 heavy (non-hydrogen) atoms. The molecule has 0 unspecified atom stereocenters. The average molecular weight is 258 g/mol. The van der Waals surface area contributed by atoms with Gasteiger partial charge in [-0.25, -0.2) is 0 Å². The molecule has 5 heteroatoms. The highest BCUT2D eigenvalue weighted by Gasteiger charge is 2.04. The van der Waals surface area contributed by atoms with Gasteiger partial charge in [-0.1, -0.05) is 0 Å². The van der Waals surface area contributed by atoms with Gasteiger partial charge in [0, 0.05) is 38.1 Å². The van der Waals surface area contributed by atoms with Gasteiger partial charge in [0.25, 0.3) is 5.91 Å². The standard InChI is InChI=1S/C14H18N4O/c1-15-13-5-3-12(4-6-13)14(19)16-8-7-11-9-17-18(2)10-11/h3-6,9-10,15H,7-8H2,1-2H3,(H,16,19). The van der Waals surface area contributed by atoms with E-state index in [4.69, 9.17) is 0 Å². The molecule has 5 nitrogen and oxygen atoms in total. The number of anilines is 1. The molecule has 2 N–H and O–H groups in total. The summed E-state index contributed by atoms with van der Waals surface area (Å²) in [7, 11) is 3.73. The quantitative estimate of drug-likeness (QED) is 0.853. The van der Waals surface area contributed by atoms with Gasteiger partial charge in [-0.3, -0.25) is 9.48 Å². The third kappa shape index (κ3) is 3.58. The van der Waals surface area contributed by atoms with Crippen LogP contribution in [0.3, 0.4) is 0 Å². The minimum absolute atomic E-state index is 0.0495. The Hall–Kier alpha value is -2.30. The molecule has 100 valence electrons. The zero-order valence-corrected chi connectivity index (χ0v) is 11.2. The fraction of sp³-hybridized carbons (Fsp3) is 0.286. The number of hydrogen-bond donors (Lipinski definition) is 2. The van der Waals surface area contributed by atoms with E-state index in [-0.39, 0.29) is 5.91 Å². The molecule has 2 aromatic rings. The molecular weight excluding hydrogens is 240 g/mol. The van der Waals surface area contributed by atoms with E-state index in [0.717, 1.165) is 17.7 Å². The van der Waals surface area contributed by atoms with Gasteiger partial charge in [-0.05, 0) is 36.2 Å². The molecule has 0 aliphatic heterocycles. The number of aryl methyl sites for hydroxylation is 1. The van der Waals surface area contributed by atoms with Crippen molar-refractivity contribution >= 4 is 11.6 Å². The number of benzene rings is 1. The lowest BCUT2D eigenvalue weighted by molar-refractivity contribution is 0.0954. The van der Waals surface area contributed by atoms with E-state index in [1.807, 2.05) is 50.8 Å². The smallest absolute Gasteiger partial charge is 0.251 e. The SMILES string of the molecule is CNc1ccc(C(=O)NCCc2cnn(C)c2)cc1. The molecule has 0 saturated heterocycles. The van der Waals surface area contributed by atoms with E-state index < -0.39 is 0 Å². The van der Waals surface area contributed by atoms with Crippen molar-refractivity contribution in [3.63, 3.8) is 0 Å². The second-order valence-corrected chi connectivity index (χ2v) is 4.36. The second-order valence-electron chi connectivity index (χ2n) is 4.36. The van der Waals surface area contributed by atoms with Gasteiger partial charge in [0.15, 0.2) is 0 Å². The topological polar surface area (TPSA) is 59.0 Å². The van der Waals surface area contributed by atoms with Crippen LogP contribution >= 0.6 is 0 Å². The molecule has 0 spiro atoms. The molecule has 0 fully saturated rings. The van der Waals surface area contributed by atoms with Crippen molar-refractivity contribution in [2.45, 2.75) is 6.42 Å². The lowest BCUT2D eigenvalue weighted by Gasteiger charge is -2.05. The highest BCUT2D eigenvalue weighted by atomic mass is 16.1. The fourth-order valence-electron chi connectivity index (χ4n) is 1.81. The first-order valence-corrected chi connectivity index (χ1v) is 6.22. The molecule has 1 aromatic heterocycles. The first-order valence-electron chi connectivity index (χ1n) is 6.22. The van der Waals surface area contributed by atoms with Crippen molar-refractivity contribution < 1.29 is 4.79 Å². The first-order chi connectivity index (χ1) is 9.19. The van der Waals surface area contributed by atoms with Crippen molar-refractivity contribution in [1.29, 1.82) is 0 Å². The molecule has 0 radical (unpaired) electrons. The van der Waals surface area contributed by atoms with E-state index >= 15 is 0 Å². The van der Waals surface area contributed by atoms with Gasteiger partial charge < -0.3 is 10.6 Å². The Morgan fingerprint density at radius 3 is 2.63 bits per heavy atom. The summed E-state index contributed by atoms with van der Waals surface area (Å²) in [5, 5.41) is 10.0. The van der Waals surface area contributed by atoms with Gasteiger partial charge >= 0.3 is 0 Å². The summed E-state index contributed by atoms with van der Waals surface area (Å²) in [5.74, 6) is -0.0495. The summed E-state index contributed by atoms with van der Waals surface area (Å²) in [4.78, 5) is 11.9. The Morgan fingerprint density at radius 1 is 1.32 bits per heavy atom. The van der Waals surface area contributed by atoms with Crippen LogP contribution in [0.5, 0.6) is 0 Å². The lowest BCUT2D eigenvalue weighted by atomic mass is 10.2. The second kappa shape index (κ2) is 6.04. The number of aromatic nitrogens is 2. The van der Waals surface area contributed by atoms with Crippen LogP contribution < -0.4 is 10.6 Å². The monoisotopic (exact) mass is 258 g/mol. The number of amides is 1. The Bertz CT molecular complexity index is 545. The molecule has 0 bridgehead atoms. The number of carbonyl (C=O) groups excluding carboxylic acids is 1. The minimum atomic E-state index is -0.0495. The van der Waals surface area contributed by atoms with Gasteiger partial charge in [0.05, 0.1) is 6.20 Å². The summed E-state index contributed by atoms with van der Waals surface area (Å²) < 4.78 is 1.76. The largest absolute Gasteiger partial charge is 0.388 e. The van der Waals surface area contributed by atoms with E-state index in [1.165, 1.54) is 0 Å². The Morgan fingerprint density at radius 2 is 2.05 bits per heavy atom. The maximum absolute atomic E-state index is 11.9. The Labute approximate surface area is 112 Å². The van der Waals surface area contributed by atoms with Crippen LogP contribution in [0.4, 0.5) is 5.69 Å². The predicted octanol–water partition coefficient (Wildman–Crippen LogP) is 1.43. The summed E-state index contributed by atoms with van der Waals surface area (Å²) >= 11 is 0. The zero-order chi connectivity index (χ0) is 13.7. The van der Waals surface area contributed by atoms with E-state index in [2.05, 4.69) is 15.7 Å². The third-order valence-electron chi connectivity index (χ3n) is 2.89. The van der Waals surface area contributed by atoms with Crippen LogP contribution in [-0.2, 0) is 13.5 Å². The van der Waals surface area contributed by atoms with Gasteiger partial charge in [-0.2, -0.15) is 5.10 Å². The van der Waals surface area contributed by atoms with Crippen LogP contribution in [0.25, 0.3) is 0 Å². The number of hydrogen-bond acceptors (Lipinski definition) is 3. The van der Waals surface area contributed by atoms with Crippen LogP contribution in [0, 0.1) is 0 Å². The van der Waals surface area contributed by atoms with Crippen LogP contribution in [0.2, 0.25) is 0 Å². The zero-order valence-electron chi connectivity index (χ0n) is 11.2. The van der Waals surface area contributed by atoms with Crippen molar-refractivity contribution in [3.8, 4) is 0 Å². The minimum Gasteiger partial charge on any atom is -0.388 e. The fourth-order valence-corrected chi connectivity index (χ4v) is 1.81. The molecule has 2 rings (SSSR count). The first kappa shape index (κ1) is 13.1. The Kier molecular flexibility index (Phi) is 4.18. The third-order valence-corrected chi connectivity index (χ3v) is 2.89. The number of nitrogens with one attached hydrogen (secondary N) is 2. The molecule has 0 aliphatic rings. The molecule has 0 saturated carbocycles. The van der Waals surface area contributed by atoms with Gasteiger partial charge in [0.1, 0.15) is 0 Å². The molecule has 1 amide bonds. The summed E-state index contributed by atoms with van der Waals surface area (Å²) in [5.41, 5.74) is 2.78. The van der Waals surface area contributed by atoms with Crippen LogP contribution in [-0.4, -0.2) is 29.3 Å². The molecule has 1 heterocycles. The van der Waals surface area contributed by atoms with E-state index in [9.17, 15) is 4.79 Å². The van der Waals surface area contributed by atoms with Crippen molar-refractivity contribution in [3.05, 3.63) is 47.8 Å². The summed E-state index contributed by atoms with van der Waals surface area (Å²) in [6, 6.07) is 7.39. The summed E-state index contributed by atoms with van der Waals surface area (Å²) in [6.07, 6.45) is 4.55. The van der Waals surface area contributed by atoms with Crippen molar-refractivity contribution in [1.82, 2.24) is 15.1 Å². The highest BCUT2D eigenvalue weighted by molar-refractivity contribution is 5.94. The van der Waals surface area contributed by atoms with E-state index in [1.54, 1.807) is 4.68 Å². The predicted molar refractivity (Wildman–Crippen MR) is 75.2 cm³/mol. The molecule has 0 atom stereocenters. The van der Waals surface area contributed by atoms with Gasteiger partial charge in [0.2, 0.25) is 0 Å². The molecule has 0 aliphatic carbocycles. The summed E-state index contributed by atoms with van der Waals surface area (Å²) in [6.45, 7) is 0.609.